The van der Waals surface area contributed by atoms with Crippen LogP contribution in [0.15, 0.2) is 24.3 Å². The Morgan fingerprint density at radius 1 is 1.29 bits per heavy atom. The first kappa shape index (κ1) is 18.5. The number of hydrogen-bond donors (Lipinski definition) is 1. The standard InChI is InChI=1S/C20H30N2O2/c1-4-5-6-7-16(3)21-20(24)18-12-19(23)22(14-18)13-17-10-8-15(2)9-11-17/h8-11,16,18H,4-7,12-14H2,1-3H3,(H,21,24). The molecule has 1 heterocycles. The largest absolute Gasteiger partial charge is 0.353 e. The molecule has 1 aliphatic rings. The molecule has 1 saturated heterocycles. The fourth-order valence-electron chi connectivity index (χ4n) is 3.15. The highest BCUT2D eigenvalue weighted by Gasteiger charge is 2.34. The number of nitrogens with one attached hydrogen (secondary N) is 1. The molecule has 24 heavy (non-hydrogen) atoms. The van der Waals surface area contributed by atoms with Crippen molar-refractivity contribution in [1.29, 1.82) is 0 Å². The molecule has 0 aliphatic carbocycles. The Labute approximate surface area is 145 Å². The summed E-state index contributed by atoms with van der Waals surface area (Å²) in [4.78, 5) is 26.4. The van der Waals surface area contributed by atoms with Gasteiger partial charge in [0.1, 0.15) is 0 Å². The number of likely N-dealkylation sites (tertiary alicyclic amines) is 1. The van der Waals surface area contributed by atoms with Crippen LogP contribution in [-0.4, -0.2) is 29.3 Å². The number of carbonyl (C=O) groups excluding carboxylic acids is 2. The monoisotopic (exact) mass is 330 g/mol. The molecule has 2 rings (SSSR count). The quantitative estimate of drug-likeness (QED) is 0.742. The van der Waals surface area contributed by atoms with Gasteiger partial charge >= 0.3 is 0 Å². The fourth-order valence-corrected chi connectivity index (χ4v) is 3.15. The van der Waals surface area contributed by atoms with Crippen molar-refractivity contribution < 1.29 is 9.59 Å². The van der Waals surface area contributed by atoms with Crippen LogP contribution in [0.5, 0.6) is 0 Å². The van der Waals surface area contributed by atoms with Gasteiger partial charge in [-0.15, -0.1) is 0 Å². The Morgan fingerprint density at radius 2 is 2.00 bits per heavy atom. The third-order valence-electron chi connectivity index (χ3n) is 4.71. The molecular weight excluding hydrogens is 300 g/mol. The molecule has 1 aromatic carbocycles. The number of carbonyl (C=O) groups is 2. The maximum Gasteiger partial charge on any atom is 0.225 e. The lowest BCUT2D eigenvalue weighted by molar-refractivity contribution is -0.129. The Bertz CT molecular complexity index is 553. The van der Waals surface area contributed by atoms with Crippen LogP contribution in [0.25, 0.3) is 0 Å². The third kappa shape index (κ3) is 5.36. The minimum absolute atomic E-state index is 0.0266. The lowest BCUT2D eigenvalue weighted by Crippen LogP contribution is -2.38. The average Bonchev–Trinajstić information content (AvgIpc) is 2.91. The van der Waals surface area contributed by atoms with E-state index in [1.54, 1.807) is 4.90 Å². The number of rotatable bonds is 8. The van der Waals surface area contributed by atoms with E-state index in [1.807, 2.05) is 19.1 Å². The van der Waals surface area contributed by atoms with Crippen LogP contribution in [0.1, 0.15) is 57.1 Å². The first-order valence-corrected chi connectivity index (χ1v) is 9.13. The molecule has 4 heteroatoms. The van der Waals surface area contributed by atoms with Crippen LogP contribution < -0.4 is 5.32 Å². The van der Waals surface area contributed by atoms with Gasteiger partial charge in [-0.3, -0.25) is 9.59 Å². The first-order valence-electron chi connectivity index (χ1n) is 9.13. The molecule has 4 nitrogen and oxygen atoms in total. The summed E-state index contributed by atoms with van der Waals surface area (Å²) in [7, 11) is 0. The summed E-state index contributed by atoms with van der Waals surface area (Å²) in [6.45, 7) is 7.40. The van der Waals surface area contributed by atoms with Gasteiger partial charge in [0.05, 0.1) is 5.92 Å². The van der Waals surface area contributed by atoms with E-state index in [0.29, 0.717) is 19.5 Å². The highest BCUT2D eigenvalue weighted by Crippen LogP contribution is 2.21. The van der Waals surface area contributed by atoms with Gasteiger partial charge in [0.15, 0.2) is 0 Å². The number of aryl methyl sites for hydroxylation is 1. The molecule has 2 unspecified atom stereocenters. The van der Waals surface area contributed by atoms with Gasteiger partial charge in [0, 0.05) is 25.6 Å². The van der Waals surface area contributed by atoms with E-state index in [4.69, 9.17) is 0 Å². The van der Waals surface area contributed by atoms with Crippen molar-refractivity contribution in [2.45, 2.75) is 65.5 Å². The Morgan fingerprint density at radius 3 is 2.67 bits per heavy atom. The molecule has 1 N–H and O–H groups in total. The molecule has 0 spiro atoms. The summed E-state index contributed by atoms with van der Waals surface area (Å²) >= 11 is 0. The van der Waals surface area contributed by atoms with Gasteiger partial charge in [-0.25, -0.2) is 0 Å². The van der Waals surface area contributed by atoms with Gasteiger partial charge < -0.3 is 10.2 Å². The van der Waals surface area contributed by atoms with Gasteiger partial charge in [-0.1, -0.05) is 56.0 Å². The van der Waals surface area contributed by atoms with Gasteiger partial charge in [-0.05, 0) is 25.8 Å². The third-order valence-corrected chi connectivity index (χ3v) is 4.71. The van der Waals surface area contributed by atoms with E-state index < -0.39 is 0 Å². The van der Waals surface area contributed by atoms with Crippen molar-refractivity contribution in [3.05, 3.63) is 35.4 Å². The molecule has 2 atom stereocenters. The van der Waals surface area contributed by atoms with Crippen molar-refractivity contribution in [1.82, 2.24) is 10.2 Å². The SMILES string of the molecule is CCCCCC(C)NC(=O)C1CC(=O)N(Cc2ccc(C)cc2)C1. The topological polar surface area (TPSA) is 49.4 Å². The first-order chi connectivity index (χ1) is 11.5. The number of unbranched alkanes of at least 4 members (excludes halogenated alkanes) is 2. The average molecular weight is 330 g/mol. The summed E-state index contributed by atoms with van der Waals surface area (Å²) in [5, 5.41) is 3.08. The minimum atomic E-state index is -0.212. The van der Waals surface area contributed by atoms with Crippen LogP contribution >= 0.6 is 0 Å². The Hall–Kier alpha value is -1.84. The van der Waals surface area contributed by atoms with Crippen molar-refractivity contribution in [2.24, 2.45) is 5.92 Å². The smallest absolute Gasteiger partial charge is 0.225 e. The van der Waals surface area contributed by atoms with E-state index in [1.165, 1.54) is 18.4 Å². The van der Waals surface area contributed by atoms with Gasteiger partial charge in [0.25, 0.3) is 0 Å². The predicted octanol–water partition coefficient (Wildman–Crippen LogP) is 3.43. The molecule has 1 aliphatic heterocycles. The van der Waals surface area contributed by atoms with E-state index in [-0.39, 0.29) is 23.8 Å². The highest BCUT2D eigenvalue weighted by atomic mass is 16.2. The van der Waals surface area contributed by atoms with Gasteiger partial charge in [-0.2, -0.15) is 0 Å². The molecule has 1 fully saturated rings. The molecule has 0 aromatic heterocycles. The van der Waals surface area contributed by atoms with E-state index in [2.05, 4.69) is 31.3 Å². The fraction of sp³-hybridized carbons (Fsp3) is 0.600. The maximum absolute atomic E-state index is 12.4. The molecular formula is C20H30N2O2. The number of benzene rings is 1. The molecule has 0 radical (unpaired) electrons. The zero-order valence-corrected chi connectivity index (χ0v) is 15.2. The van der Waals surface area contributed by atoms with Crippen LogP contribution in [-0.2, 0) is 16.1 Å². The zero-order valence-electron chi connectivity index (χ0n) is 15.2. The summed E-state index contributed by atoms with van der Waals surface area (Å²) in [5.74, 6) is -0.107. The highest BCUT2D eigenvalue weighted by molar-refractivity contribution is 5.89. The molecule has 132 valence electrons. The van der Waals surface area contributed by atoms with Crippen LogP contribution in [0.3, 0.4) is 0 Å². The lowest BCUT2D eigenvalue weighted by Gasteiger charge is -2.18. The van der Waals surface area contributed by atoms with Crippen molar-refractivity contribution in [2.75, 3.05) is 6.54 Å². The summed E-state index contributed by atoms with van der Waals surface area (Å²) in [5.41, 5.74) is 2.32. The minimum Gasteiger partial charge on any atom is -0.353 e. The number of amides is 2. The predicted molar refractivity (Wildman–Crippen MR) is 96.4 cm³/mol. The van der Waals surface area contributed by atoms with E-state index in [9.17, 15) is 9.59 Å². The molecule has 2 amide bonds. The molecule has 0 saturated carbocycles. The van der Waals surface area contributed by atoms with Crippen LogP contribution in [0.4, 0.5) is 0 Å². The Balaban J connectivity index is 1.82. The van der Waals surface area contributed by atoms with Crippen molar-refractivity contribution in [3.63, 3.8) is 0 Å². The second kappa shape index (κ2) is 8.86. The van der Waals surface area contributed by atoms with E-state index in [0.717, 1.165) is 18.4 Å². The second-order valence-electron chi connectivity index (χ2n) is 7.07. The van der Waals surface area contributed by atoms with Crippen molar-refractivity contribution in [3.8, 4) is 0 Å². The van der Waals surface area contributed by atoms with Gasteiger partial charge in [0.2, 0.25) is 11.8 Å². The second-order valence-corrected chi connectivity index (χ2v) is 7.07. The van der Waals surface area contributed by atoms with E-state index >= 15 is 0 Å². The lowest BCUT2D eigenvalue weighted by atomic mass is 10.1. The Kier molecular flexibility index (Phi) is 6.83. The van der Waals surface area contributed by atoms with Crippen LogP contribution in [0, 0.1) is 12.8 Å². The zero-order chi connectivity index (χ0) is 17.5. The molecule has 0 bridgehead atoms. The summed E-state index contributed by atoms with van der Waals surface area (Å²) in [6.07, 6.45) is 4.87. The normalized spacial score (nSPS) is 18.7. The molecule has 1 aromatic rings. The summed E-state index contributed by atoms with van der Waals surface area (Å²) in [6, 6.07) is 8.39. The summed E-state index contributed by atoms with van der Waals surface area (Å²) < 4.78 is 0. The van der Waals surface area contributed by atoms with Crippen molar-refractivity contribution >= 4 is 11.8 Å². The number of hydrogen-bond acceptors (Lipinski definition) is 2. The van der Waals surface area contributed by atoms with Crippen LogP contribution in [0.2, 0.25) is 0 Å². The number of nitrogens with zero attached hydrogens (tertiary/aromatic N) is 1. The maximum atomic E-state index is 12.4.